The maximum atomic E-state index is 11.1. The van der Waals surface area contributed by atoms with Gasteiger partial charge in [0, 0.05) is 11.9 Å². The number of hydrogen-bond acceptors (Lipinski definition) is 3. The maximum absolute atomic E-state index is 11.1. The van der Waals surface area contributed by atoms with Crippen molar-refractivity contribution in [3.8, 4) is 0 Å². The molecule has 0 aliphatic carbocycles. The summed E-state index contributed by atoms with van der Waals surface area (Å²) in [6, 6.07) is 3.68. The number of nitrogens with one attached hydrogen (secondary N) is 2. The van der Waals surface area contributed by atoms with E-state index in [4.69, 9.17) is 0 Å². The second-order valence-corrected chi connectivity index (χ2v) is 2.72. The van der Waals surface area contributed by atoms with Gasteiger partial charge in [0.1, 0.15) is 6.42 Å². The average molecular weight is 196 g/mol. The standard InChI is InChI=1S/C9H12N2O3/c1-14-9(13)5-8(12)11-6-7-3-2-4-10-7/h2-4,10H,5-6H2,1H3,(H,11,12). The molecule has 1 amide bonds. The molecule has 5 heteroatoms. The molecule has 1 aromatic rings. The lowest BCUT2D eigenvalue weighted by molar-refractivity contribution is -0.143. The monoisotopic (exact) mass is 196 g/mol. The van der Waals surface area contributed by atoms with Gasteiger partial charge in [-0.1, -0.05) is 0 Å². The lowest BCUT2D eigenvalue weighted by atomic mass is 10.4. The van der Waals surface area contributed by atoms with Crippen molar-refractivity contribution in [2.45, 2.75) is 13.0 Å². The lowest BCUT2D eigenvalue weighted by Crippen LogP contribution is -2.25. The summed E-state index contributed by atoms with van der Waals surface area (Å²) in [5, 5.41) is 2.58. The molecule has 76 valence electrons. The molecule has 1 rings (SSSR count). The minimum Gasteiger partial charge on any atom is -0.469 e. The predicted octanol–water partition coefficient (Wildman–Crippen LogP) is 0.194. The van der Waals surface area contributed by atoms with Crippen molar-refractivity contribution in [1.29, 1.82) is 0 Å². The highest BCUT2D eigenvalue weighted by Crippen LogP contribution is 1.93. The summed E-state index contributed by atoms with van der Waals surface area (Å²) in [6.07, 6.45) is 1.53. The van der Waals surface area contributed by atoms with E-state index < -0.39 is 5.97 Å². The number of esters is 1. The van der Waals surface area contributed by atoms with Gasteiger partial charge >= 0.3 is 5.97 Å². The third-order valence-corrected chi connectivity index (χ3v) is 1.67. The smallest absolute Gasteiger partial charge is 0.315 e. The summed E-state index contributed by atoms with van der Waals surface area (Å²) < 4.78 is 4.35. The number of aromatic nitrogens is 1. The Morgan fingerprint density at radius 1 is 1.57 bits per heavy atom. The van der Waals surface area contributed by atoms with Crippen LogP contribution < -0.4 is 5.32 Å². The zero-order valence-electron chi connectivity index (χ0n) is 7.87. The van der Waals surface area contributed by atoms with Crippen LogP contribution in [0.5, 0.6) is 0 Å². The normalized spacial score (nSPS) is 9.50. The second-order valence-electron chi connectivity index (χ2n) is 2.72. The first kappa shape index (κ1) is 10.3. The predicted molar refractivity (Wildman–Crippen MR) is 49.3 cm³/mol. The minimum absolute atomic E-state index is 0.239. The van der Waals surface area contributed by atoms with Crippen molar-refractivity contribution >= 4 is 11.9 Å². The number of ether oxygens (including phenoxy) is 1. The van der Waals surface area contributed by atoms with E-state index >= 15 is 0 Å². The third kappa shape index (κ3) is 3.30. The van der Waals surface area contributed by atoms with E-state index in [2.05, 4.69) is 15.0 Å². The molecule has 0 radical (unpaired) electrons. The van der Waals surface area contributed by atoms with Gasteiger partial charge in [-0.05, 0) is 12.1 Å². The first-order valence-corrected chi connectivity index (χ1v) is 4.18. The number of methoxy groups -OCH3 is 1. The Hall–Kier alpha value is -1.78. The Kier molecular flexibility index (Phi) is 3.72. The van der Waals surface area contributed by atoms with E-state index in [9.17, 15) is 9.59 Å². The molecular formula is C9H12N2O3. The number of carbonyl (C=O) groups excluding carboxylic acids is 2. The number of amides is 1. The summed E-state index contributed by atoms with van der Waals surface area (Å²) in [5.41, 5.74) is 0.892. The molecule has 0 saturated carbocycles. The van der Waals surface area contributed by atoms with Crippen LogP contribution in [0.3, 0.4) is 0 Å². The first-order chi connectivity index (χ1) is 6.72. The van der Waals surface area contributed by atoms with Crippen molar-refractivity contribution in [3.05, 3.63) is 24.0 Å². The Labute approximate surface area is 81.5 Å². The molecule has 5 nitrogen and oxygen atoms in total. The van der Waals surface area contributed by atoms with Gasteiger partial charge in [-0.2, -0.15) is 0 Å². The molecule has 0 spiro atoms. The van der Waals surface area contributed by atoms with Gasteiger partial charge in [0.25, 0.3) is 0 Å². The van der Waals surface area contributed by atoms with Crippen molar-refractivity contribution in [2.24, 2.45) is 0 Å². The third-order valence-electron chi connectivity index (χ3n) is 1.67. The molecule has 0 unspecified atom stereocenters. The number of aromatic amines is 1. The molecule has 14 heavy (non-hydrogen) atoms. The highest BCUT2D eigenvalue weighted by atomic mass is 16.5. The Balaban J connectivity index is 2.25. The van der Waals surface area contributed by atoms with Gasteiger partial charge in [0.15, 0.2) is 0 Å². The highest BCUT2D eigenvalue weighted by Gasteiger charge is 2.08. The second kappa shape index (κ2) is 5.06. The zero-order valence-corrected chi connectivity index (χ0v) is 7.87. The van der Waals surface area contributed by atoms with Crippen LogP contribution in [0.15, 0.2) is 18.3 Å². The van der Waals surface area contributed by atoms with E-state index in [1.807, 2.05) is 12.1 Å². The van der Waals surface area contributed by atoms with Crippen LogP contribution in [-0.2, 0) is 20.9 Å². The Bertz CT molecular complexity index is 306. The van der Waals surface area contributed by atoms with Gasteiger partial charge in [0.2, 0.25) is 5.91 Å². The summed E-state index contributed by atoms with van der Waals surface area (Å²) in [7, 11) is 1.25. The van der Waals surface area contributed by atoms with Gasteiger partial charge in [-0.25, -0.2) is 0 Å². The molecule has 0 fully saturated rings. The molecular weight excluding hydrogens is 184 g/mol. The maximum Gasteiger partial charge on any atom is 0.315 e. The van der Waals surface area contributed by atoms with Crippen LogP contribution >= 0.6 is 0 Å². The quantitative estimate of drug-likeness (QED) is 0.533. The molecule has 0 saturated heterocycles. The summed E-state index contributed by atoms with van der Waals surface area (Å²) in [6.45, 7) is 0.392. The highest BCUT2D eigenvalue weighted by molar-refractivity contribution is 5.94. The Morgan fingerprint density at radius 3 is 2.93 bits per heavy atom. The van der Waals surface area contributed by atoms with E-state index in [0.29, 0.717) is 6.54 Å². The van der Waals surface area contributed by atoms with Crippen LogP contribution in [0.1, 0.15) is 12.1 Å². The largest absolute Gasteiger partial charge is 0.469 e. The summed E-state index contributed by atoms with van der Waals surface area (Å²) in [5.74, 6) is -0.875. The number of H-pyrrole nitrogens is 1. The molecule has 0 atom stereocenters. The summed E-state index contributed by atoms with van der Waals surface area (Å²) >= 11 is 0. The van der Waals surface area contributed by atoms with Gasteiger partial charge in [0.05, 0.1) is 13.7 Å². The van der Waals surface area contributed by atoms with Gasteiger partial charge in [-0.3, -0.25) is 9.59 Å². The van der Waals surface area contributed by atoms with Crippen LogP contribution in [-0.4, -0.2) is 24.0 Å². The fourth-order valence-electron chi connectivity index (χ4n) is 0.937. The fourth-order valence-corrected chi connectivity index (χ4v) is 0.937. The van der Waals surface area contributed by atoms with E-state index in [0.717, 1.165) is 5.69 Å². The molecule has 0 aliphatic heterocycles. The van der Waals surface area contributed by atoms with Crippen molar-refractivity contribution < 1.29 is 14.3 Å². The van der Waals surface area contributed by atoms with Crippen LogP contribution in [0, 0.1) is 0 Å². The zero-order chi connectivity index (χ0) is 10.4. The van der Waals surface area contributed by atoms with E-state index in [-0.39, 0.29) is 12.3 Å². The Morgan fingerprint density at radius 2 is 2.36 bits per heavy atom. The van der Waals surface area contributed by atoms with Gasteiger partial charge < -0.3 is 15.0 Å². The van der Waals surface area contributed by atoms with E-state index in [1.54, 1.807) is 6.20 Å². The number of hydrogen-bond donors (Lipinski definition) is 2. The lowest BCUT2D eigenvalue weighted by Gasteiger charge is -2.02. The number of rotatable bonds is 4. The molecule has 1 aromatic heterocycles. The average Bonchev–Trinajstić information content (AvgIpc) is 2.67. The SMILES string of the molecule is COC(=O)CC(=O)NCc1ccc[nH]1. The van der Waals surface area contributed by atoms with Crippen molar-refractivity contribution in [1.82, 2.24) is 10.3 Å². The molecule has 0 aromatic carbocycles. The van der Waals surface area contributed by atoms with Crippen LogP contribution in [0.25, 0.3) is 0 Å². The molecule has 0 aliphatic rings. The van der Waals surface area contributed by atoms with Gasteiger partial charge in [-0.15, -0.1) is 0 Å². The van der Waals surface area contributed by atoms with Crippen LogP contribution in [0.4, 0.5) is 0 Å². The summed E-state index contributed by atoms with van der Waals surface area (Å²) in [4.78, 5) is 24.7. The fraction of sp³-hybridized carbons (Fsp3) is 0.333. The molecule has 1 heterocycles. The number of carbonyl (C=O) groups is 2. The van der Waals surface area contributed by atoms with E-state index in [1.165, 1.54) is 7.11 Å². The molecule has 2 N–H and O–H groups in total. The first-order valence-electron chi connectivity index (χ1n) is 4.18. The van der Waals surface area contributed by atoms with Crippen molar-refractivity contribution in [2.75, 3.05) is 7.11 Å². The topological polar surface area (TPSA) is 71.2 Å². The van der Waals surface area contributed by atoms with Crippen LogP contribution in [0.2, 0.25) is 0 Å². The minimum atomic E-state index is -0.533. The van der Waals surface area contributed by atoms with Crippen molar-refractivity contribution in [3.63, 3.8) is 0 Å². The molecule has 0 bridgehead atoms.